The van der Waals surface area contributed by atoms with Gasteiger partial charge in [-0.05, 0) is 30.5 Å². The molecule has 2 rings (SSSR count). The Morgan fingerprint density at radius 3 is 2.43 bits per heavy atom. The first kappa shape index (κ1) is 15.7. The number of benzene rings is 1. The van der Waals surface area contributed by atoms with E-state index in [9.17, 15) is 0 Å². The van der Waals surface area contributed by atoms with Crippen molar-refractivity contribution in [1.29, 1.82) is 0 Å². The van der Waals surface area contributed by atoms with Crippen molar-refractivity contribution in [2.24, 2.45) is 0 Å². The Balaban J connectivity index is 2.05. The van der Waals surface area contributed by atoms with E-state index in [1.807, 2.05) is 18.5 Å². The fourth-order valence-corrected chi connectivity index (χ4v) is 2.66. The molecule has 0 spiro atoms. The van der Waals surface area contributed by atoms with E-state index < -0.39 is 0 Å². The predicted molar refractivity (Wildman–Crippen MR) is 89.1 cm³/mol. The number of unbranched alkanes of at least 4 members (excludes halogenated alkanes) is 2. The SMILES string of the molecule is CCCCCC(N[C@@H](C)c1cccnc1)c1ccccc1. The summed E-state index contributed by atoms with van der Waals surface area (Å²) in [6.45, 7) is 4.47. The molecule has 0 aliphatic heterocycles. The van der Waals surface area contributed by atoms with Crippen LogP contribution in [0.1, 0.15) is 62.7 Å². The maximum Gasteiger partial charge on any atom is 0.0325 e. The highest BCUT2D eigenvalue weighted by molar-refractivity contribution is 5.20. The number of rotatable bonds is 8. The van der Waals surface area contributed by atoms with Crippen molar-refractivity contribution in [2.75, 3.05) is 0 Å². The number of pyridine rings is 1. The summed E-state index contributed by atoms with van der Waals surface area (Å²) in [6, 6.07) is 15.6. The first-order valence-corrected chi connectivity index (χ1v) is 8.02. The van der Waals surface area contributed by atoms with Crippen LogP contribution in [0.15, 0.2) is 54.9 Å². The van der Waals surface area contributed by atoms with Crippen LogP contribution in [0.5, 0.6) is 0 Å². The van der Waals surface area contributed by atoms with Crippen LogP contribution in [0, 0.1) is 0 Å². The molecular weight excluding hydrogens is 256 g/mol. The highest BCUT2D eigenvalue weighted by Crippen LogP contribution is 2.24. The van der Waals surface area contributed by atoms with E-state index in [1.165, 1.54) is 36.8 Å². The molecule has 0 saturated heterocycles. The highest BCUT2D eigenvalue weighted by atomic mass is 14.9. The number of nitrogens with zero attached hydrogens (tertiary/aromatic N) is 1. The maximum atomic E-state index is 4.22. The van der Waals surface area contributed by atoms with E-state index in [2.05, 4.69) is 60.5 Å². The van der Waals surface area contributed by atoms with Crippen LogP contribution in [-0.4, -0.2) is 4.98 Å². The molecule has 1 aromatic heterocycles. The number of nitrogens with one attached hydrogen (secondary N) is 1. The Labute approximate surface area is 128 Å². The molecule has 1 unspecified atom stereocenters. The molecule has 0 saturated carbocycles. The average molecular weight is 282 g/mol. The lowest BCUT2D eigenvalue weighted by Gasteiger charge is -2.24. The average Bonchev–Trinajstić information content (AvgIpc) is 2.55. The third-order valence-corrected chi connectivity index (χ3v) is 3.93. The molecule has 21 heavy (non-hydrogen) atoms. The zero-order chi connectivity index (χ0) is 14.9. The van der Waals surface area contributed by atoms with Gasteiger partial charge in [0.2, 0.25) is 0 Å². The lowest BCUT2D eigenvalue weighted by Crippen LogP contribution is -2.24. The van der Waals surface area contributed by atoms with Crippen LogP contribution < -0.4 is 5.32 Å². The third kappa shape index (κ3) is 4.98. The largest absolute Gasteiger partial charge is 0.303 e. The second-order valence-corrected chi connectivity index (χ2v) is 5.63. The first-order chi connectivity index (χ1) is 10.3. The number of hydrogen-bond acceptors (Lipinski definition) is 2. The van der Waals surface area contributed by atoms with Crippen molar-refractivity contribution in [3.05, 3.63) is 66.0 Å². The third-order valence-electron chi connectivity index (χ3n) is 3.93. The molecule has 0 aliphatic carbocycles. The summed E-state index contributed by atoms with van der Waals surface area (Å²) in [5.74, 6) is 0. The fraction of sp³-hybridized carbons (Fsp3) is 0.421. The van der Waals surface area contributed by atoms with Gasteiger partial charge >= 0.3 is 0 Å². The summed E-state index contributed by atoms with van der Waals surface area (Å²) >= 11 is 0. The Morgan fingerprint density at radius 1 is 1.00 bits per heavy atom. The van der Waals surface area contributed by atoms with E-state index in [0.717, 1.165) is 0 Å². The van der Waals surface area contributed by atoms with Crippen LogP contribution in [0.25, 0.3) is 0 Å². The van der Waals surface area contributed by atoms with Crippen LogP contribution >= 0.6 is 0 Å². The molecule has 0 amide bonds. The van der Waals surface area contributed by atoms with E-state index >= 15 is 0 Å². The van der Waals surface area contributed by atoms with Crippen LogP contribution in [0.3, 0.4) is 0 Å². The molecule has 2 aromatic rings. The molecular formula is C19H26N2. The Morgan fingerprint density at radius 2 is 1.76 bits per heavy atom. The normalized spacial score (nSPS) is 13.8. The minimum absolute atomic E-state index is 0.311. The molecule has 0 aliphatic rings. The topological polar surface area (TPSA) is 24.9 Å². The van der Waals surface area contributed by atoms with Gasteiger partial charge in [-0.2, -0.15) is 0 Å². The second-order valence-electron chi connectivity index (χ2n) is 5.63. The molecule has 0 radical (unpaired) electrons. The van der Waals surface area contributed by atoms with Gasteiger partial charge in [-0.15, -0.1) is 0 Å². The quantitative estimate of drug-likeness (QED) is 0.685. The fourth-order valence-electron chi connectivity index (χ4n) is 2.66. The lowest BCUT2D eigenvalue weighted by molar-refractivity contribution is 0.427. The van der Waals surface area contributed by atoms with Gasteiger partial charge in [-0.1, -0.05) is 62.6 Å². The molecule has 1 aromatic carbocycles. The summed E-state index contributed by atoms with van der Waals surface area (Å²) in [7, 11) is 0. The van der Waals surface area contributed by atoms with Gasteiger partial charge in [0.05, 0.1) is 0 Å². The molecule has 2 atom stereocenters. The molecule has 112 valence electrons. The number of hydrogen-bond donors (Lipinski definition) is 1. The van der Waals surface area contributed by atoms with Gasteiger partial charge in [-0.25, -0.2) is 0 Å². The molecule has 2 heteroatoms. The van der Waals surface area contributed by atoms with E-state index in [0.29, 0.717) is 12.1 Å². The minimum atomic E-state index is 0.311. The summed E-state index contributed by atoms with van der Waals surface area (Å²) in [5, 5.41) is 3.77. The van der Waals surface area contributed by atoms with E-state index in [4.69, 9.17) is 0 Å². The molecule has 1 heterocycles. The predicted octanol–water partition coefficient (Wildman–Crippen LogP) is 5.05. The zero-order valence-corrected chi connectivity index (χ0v) is 13.1. The standard InChI is InChI=1S/C19H26N2/c1-3-4-6-13-19(17-10-7-5-8-11-17)21-16(2)18-12-9-14-20-15-18/h5,7-12,14-16,19,21H,3-4,6,13H2,1-2H3/t16-,19?/m0/s1. The summed E-state index contributed by atoms with van der Waals surface area (Å²) in [5.41, 5.74) is 2.62. The Hall–Kier alpha value is -1.67. The van der Waals surface area contributed by atoms with Crippen molar-refractivity contribution in [3.8, 4) is 0 Å². The van der Waals surface area contributed by atoms with Crippen LogP contribution in [-0.2, 0) is 0 Å². The minimum Gasteiger partial charge on any atom is -0.303 e. The summed E-state index contributed by atoms with van der Waals surface area (Å²) < 4.78 is 0. The van der Waals surface area contributed by atoms with Gasteiger partial charge in [-0.3, -0.25) is 4.98 Å². The Kier molecular flexibility index (Phi) is 6.42. The molecule has 0 bridgehead atoms. The van der Waals surface area contributed by atoms with Crippen LogP contribution in [0.2, 0.25) is 0 Å². The molecule has 2 nitrogen and oxygen atoms in total. The van der Waals surface area contributed by atoms with Crippen molar-refractivity contribution >= 4 is 0 Å². The Bertz CT molecular complexity index is 495. The van der Waals surface area contributed by atoms with Gasteiger partial charge in [0.1, 0.15) is 0 Å². The van der Waals surface area contributed by atoms with E-state index in [-0.39, 0.29) is 0 Å². The van der Waals surface area contributed by atoms with Gasteiger partial charge in [0, 0.05) is 24.5 Å². The first-order valence-electron chi connectivity index (χ1n) is 8.02. The van der Waals surface area contributed by atoms with Crippen LogP contribution in [0.4, 0.5) is 0 Å². The smallest absolute Gasteiger partial charge is 0.0325 e. The highest BCUT2D eigenvalue weighted by Gasteiger charge is 2.15. The van der Waals surface area contributed by atoms with Crippen molar-refractivity contribution < 1.29 is 0 Å². The molecule has 1 N–H and O–H groups in total. The monoisotopic (exact) mass is 282 g/mol. The summed E-state index contributed by atoms with van der Waals surface area (Å²) in [4.78, 5) is 4.22. The lowest BCUT2D eigenvalue weighted by atomic mass is 9.98. The van der Waals surface area contributed by atoms with Crippen molar-refractivity contribution in [2.45, 2.75) is 51.6 Å². The number of aromatic nitrogens is 1. The summed E-state index contributed by atoms with van der Waals surface area (Å²) in [6.07, 6.45) is 8.79. The van der Waals surface area contributed by atoms with Gasteiger partial charge in [0.25, 0.3) is 0 Å². The van der Waals surface area contributed by atoms with Gasteiger partial charge in [0.15, 0.2) is 0 Å². The van der Waals surface area contributed by atoms with Gasteiger partial charge < -0.3 is 5.32 Å². The molecule has 0 fully saturated rings. The second kappa shape index (κ2) is 8.58. The van der Waals surface area contributed by atoms with Crippen molar-refractivity contribution in [1.82, 2.24) is 10.3 Å². The van der Waals surface area contributed by atoms with E-state index in [1.54, 1.807) is 0 Å². The maximum absolute atomic E-state index is 4.22. The van der Waals surface area contributed by atoms with Crippen molar-refractivity contribution in [3.63, 3.8) is 0 Å². The zero-order valence-electron chi connectivity index (χ0n) is 13.1.